The maximum absolute atomic E-state index is 5.74. The first-order chi connectivity index (χ1) is 9.31. The van der Waals surface area contributed by atoms with Crippen molar-refractivity contribution >= 4 is 11.0 Å². The number of hydrogen-bond acceptors (Lipinski definition) is 3. The molecule has 0 atom stereocenters. The van der Waals surface area contributed by atoms with Gasteiger partial charge in [-0.25, -0.2) is 4.98 Å². The van der Waals surface area contributed by atoms with Crippen LogP contribution in [0.2, 0.25) is 0 Å². The molecule has 19 heavy (non-hydrogen) atoms. The lowest BCUT2D eigenvalue weighted by atomic mass is 10.2. The van der Waals surface area contributed by atoms with Crippen molar-refractivity contribution in [1.29, 1.82) is 0 Å². The van der Waals surface area contributed by atoms with Crippen molar-refractivity contribution in [2.24, 2.45) is 5.73 Å². The molecule has 3 rings (SSSR count). The van der Waals surface area contributed by atoms with E-state index in [9.17, 15) is 0 Å². The van der Waals surface area contributed by atoms with Crippen molar-refractivity contribution < 1.29 is 4.74 Å². The summed E-state index contributed by atoms with van der Waals surface area (Å²) in [5, 5.41) is 0. The molecule has 0 aliphatic rings. The Hall–Kier alpha value is -2.33. The van der Waals surface area contributed by atoms with Crippen LogP contribution in [0.1, 0.15) is 5.56 Å². The van der Waals surface area contributed by atoms with E-state index >= 15 is 0 Å². The number of para-hydroxylation sites is 1. The van der Waals surface area contributed by atoms with E-state index in [1.54, 1.807) is 7.11 Å². The van der Waals surface area contributed by atoms with Gasteiger partial charge in [0.05, 0.1) is 18.1 Å². The van der Waals surface area contributed by atoms with Crippen molar-refractivity contribution in [2.75, 3.05) is 7.11 Å². The molecule has 4 heteroatoms. The summed E-state index contributed by atoms with van der Waals surface area (Å²) in [5.74, 6) is 1.65. The first kappa shape index (κ1) is 11.7. The van der Waals surface area contributed by atoms with Crippen LogP contribution < -0.4 is 10.5 Å². The zero-order valence-electron chi connectivity index (χ0n) is 10.7. The van der Waals surface area contributed by atoms with Gasteiger partial charge in [0, 0.05) is 12.1 Å². The van der Waals surface area contributed by atoms with Crippen LogP contribution in [0, 0.1) is 0 Å². The van der Waals surface area contributed by atoms with Crippen molar-refractivity contribution in [2.45, 2.75) is 6.54 Å². The monoisotopic (exact) mass is 253 g/mol. The number of fused-ring (bicyclic) bond motifs is 1. The number of aromatic nitrogens is 2. The Bertz CT molecular complexity index is 718. The lowest BCUT2D eigenvalue weighted by Crippen LogP contribution is -1.96. The van der Waals surface area contributed by atoms with Gasteiger partial charge in [-0.3, -0.25) is 0 Å². The average molecular weight is 253 g/mol. The van der Waals surface area contributed by atoms with Crippen molar-refractivity contribution in [3.8, 4) is 17.1 Å². The Morgan fingerprint density at radius 3 is 2.84 bits per heavy atom. The van der Waals surface area contributed by atoms with E-state index in [2.05, 4.69) is 9.97 Å². The smallest absolute Gasteiger partial charge is 0.138 e. The van der Waals surface area contributed by atoms with Crippen molar-refractivity contribution in [3.63, 3.8) is 0 Å². The summed E-state index contributed by atoms with van der Waals surface area (Å²) in [6.45, 7) is 0.486. The number of nitrogens with zero attached hydrogens (tertiary/aromatic N) is 1. The quantitative estimate of drug-likeness (QED) is 0.754. The molecule has 3 N–H and O–H groups in total. The minimum atomic E-state index is 0.486. The van der Waals surface area contributed by atoms with Gasteiger partial charge in [-0.2, -0.15) is 0 Å². The summed E-state index contributed by atoms with van der Waals surface area (Å²) in [5.41, 5.74) is 9.71. The standard InChI is InChI=1S/C15H15N3O/c1-19-12-6-2-4-10(8-12)15-17-13-7-3-5-11(9-16)14(13)18-15/h2-8H,9,16H2,1H3,(H,17,18). The Morgan fingerprint density at radius 1 is 1.21 bits per heavy atom. The third kappa shape index (κ3) is 2.06. The van der Waals surface area contributed by atoms with Crippen molar-refractivity contribution in [3.05, 3.63) is 48.0 Å². The summed E-state index contributed by atoms with van der Waals surface area (Å²) in [7, 11) is 1.66. The molecular formula is C15H15N3O. The first-order valence-corrected chi connectivity index (χ1v) is 6.14. The second kappa shape index (κ2) is 4.74. The largest absolute Gasteiger partial charge is 0.497 e. The van der Waals surface area contributed by atoms with E-state index in [1.807, 2.05) is 42.5 Å². The third-order valence-electron chi connectivity index (χ3n) is 3.16. The normalized spacial score (nSPS) is 10.8. The van der Waals surface area contributed by atoms with Gasteiger partial charge in [0.2, 0.25) is 0 Å². The lowest BCUT2D eigenvalue weighted by Gasteiger charge is -2.01. The van der Waals surface area contributed by atoms with Crippen molar-refractivity contribution in [1.82, 2.24) is 9.97 Å². The molecule has 0 bridgehead atoms. The van der Waals surface area contributed by atoms with Gasteiger partial charge in [-0.1, -0.05) is 24.3 Å². The second-order valence-electron chi connectivity index (χ2n) is 4.33. The number of benzene rings is 2. The number of aromatic amines is 1. The number of methoxy groups -OCH3 is 1. The van der Waals surface area contributed by atoms with E-state index in [0.29, 0.717) is 6.54 Å². The molecule has 0 spiro atoms. The average Bonchev–Trinajstić information content (AvgIpc) is 2.91. The topological polar surface area (TPSA) is 63.9 Å². The number of imidazole rings is 1. The van der Waals surface area contributed by atoms with E-state index in [-0.39, 0.29) is 0 Å². The maximum Gasteiger partial charge on any atom is 0.138 e. The SMILES string of the molecule is COc1cccc(-c2nc3c(CN)cccc3[nH]2)c1. The molecule has 96 valence electrons. The molecule has 1 aromatic heterocycles. The van der Waals surface area contributed by atoms with Crippen LogP contribution >= 0.6 is 0 Å². The maximum atomic E-state index is 5.74. The number of H-pyrrole nitrogens is 1. The highest BCUT2D eigenvalue weighted by Gasteiger charge is 2.08. The van der Waals surface area contributed by atoms with Gasteiger partial charge >= 0.3 is 0 Å². The van der Waals surface area contributed by atoms with Gasteiger partial charge in [0.15, 0.2) is 0 Å². The molecular weight excluding hydrogens is 238 g/mol. The Morgan fingerprint density at radius 2 is 2.05 bits per heavy atom. The van der Waals surface area contributed by atoms with Gasteiger partial charge < -0.3 is 15.5 Å². The molecule has 0 radical (unpaired) electrons. The molecule has 3 aromatic rings. The molecule has 2 aromatic carbocycles. The molecule has 4 nitrogen and oxygen atoms in total. The predicted molar refractivity (Wildman–Crippen MR) is 76.0 cm³/mol. The fourth-order valence-corrected chi connectivity index (χ4v) is 2.16. The number of rotatable bonds is 3. The highest BCUT2D eigenvalue weighted by Crippen LogP contribution is 2.25. The number of nitrogens with one attached hydrogen (secondary N) is 1. The Balaban J connectivity index is 2.15. The van der Waals surface area contributed by atoms with Gasteiger partial charge in [0.25, 0.3) is 0 Å². The summed E-state index contributed by atoms with van der Waals surface area (Å²) in [6, 6.07) is 13.8. The molecule has 0 unspecified atom stereocenters. The number of ether oxygens (including phenoxy) is 1. The van der Waals surface area contributed by atoms with Gasteiger partial charge in [-0.05, 0) is 23.8 Å². The van der Waals surface area contributed by atoms with Crippen LogP contribution in [0.25, 0.3) is 22.4 Å². The first-order valence-electron chi connectivity index (χ1n) is 6.14. The molecule has 0 amide bonds. The summed E-state index contributed by atoms with van der Waals surface area (Å²) in [6.07, 6.45) is 0. The third-order valence-corrected chi connectivity index (χ3v) is 3.16. The number of hydrogen-bond donors (Lipinski definition) is 2. The highest BCUT2D eigenvalue weighted by molar-refractivity contribution is 5.82. The van der Waals surface area contributed by atoms with E-state index < -0.39 is 0 Å². The Kier molecular flexibility index (Phi) is 2.93. The van der Waals surface area contributed by atoms with E-state index in [4.69, 9.17) is 10.5 Å². The van der Waals surface area contributed by atoms with Gasteiger partial charge in [0.1, 0.15) is 11.6 Å². The summed E-state index contributed by atoms with van der Waals surface area (Å²) in [4.78, 5) is 7.95. The molecule has 0 aliphatic carbocycles. The zero-order valence-corrected chi connectivity index (χ0v) is 10.7. The number of nitrogens with two attached hydrogens (primary N) is 1. The van der Waals surface area contributed by atoms with E-state index in [1.165, 1.54) is 0 Å². The molecule has 1 heterocycles. The van der Waals surface area contributed by atoms with E-state index in [0.717, 1.165) is 33.7 Å². The molecule has 0 saturated heterocycles. The second-order valence-corrected chi connectivity index (χ2v) is 4.33. The molecule has 0 saturated carbocycles. The minimum absolute atomic E-state index is 0.486. The minimum Gasteiger partial charge on any atom is -0.497 e. The van der Waals surface area contributed by atoms with Crippen LogP contribution in [0.4, 0.5) is 0 Å². The van der Waals surface area contributed by atoms with Crippen LogP contribution in [-0.2, 0) is 6.54 Å². The van der Waals surface area contributed by atoms with Crippen LogP contribution in [0.15, 0.2) is 42.5 Å². The highest BCUT2D eigenvalue weighted by atomic mass is 16.5. The van der Waals surface area contributed by atoms with Crippen LogP contribution in [-0.4, -0.2) is 17.1 Å². The zero-order chi connectivity index (χ0) is 13.2. The lowest BCUT2D eigenvalue weighted by molar-refractivity contribution is 0.415. The van der Waals surface area contributed by atoms with Crippen LogP contribution in [0.3, 0.4) is 0 Å². The fraction of sp³-hybridized carbons (Fsp3) is 0.133. The predicted octanol–water partition coefficient (Wildman–Crippen LogP) is 2.70. The van der Waals surface area contributed by atoms with Gasteiger partial charge in [-0.15, -0.1) is 0 Å². The Labute approximate surface area is 111 Å². The summed E-state index contributed by atoms with van der Waals surface area (Å²) >= 11 is 0. The van der Waals surface area contributed by atoms with Crippen LogP contribution in [0.5, 0.6) is 5.75 Å². The fourth-order valence-electron chi connectivity index (χ4n) is 2.16. The molecule has 0 fully saturated rings. The molecule has 0 aliphatic heterocycles. The summed E-state index contributed by atoms with van der Waals surface area (Å²) < 4.78 is 5.23.